The van der Waals surface area contributed by atoms with E-state index < -0.39 is 24.3 Å². The maximum absolute atomic E-state index is 14.5. The molecule has 220 valence electrons. The first-order valence-corrected chi connectivity index (χ1v) is 15.4. The van der Waals surface area contributed by atoms with E-state index in [-0.39, 0.29) is 11.8 Å². The molecule has 2 amide bonds. The van der Waals surface area contributed by atoms with Gasteiger partial charge in [-0.15, -0.1) is 0 Å². The van der Waals surface area contributed by atoms with Crippen LogP contribution in [0, 0.1) is 11.3 Å². The monoisotopic (exact) mass is 605 g/mol. The van der Waals surface area contributed by atoms with Crippen LogP contribution in [0.1, 0.15) is 80.4 Å². The maximum atomic E-state index is 14.5. The Kier molecular flexibility index (Phi) is 11.4. The number of carbonyl (C=O) groups excluding carboxylic acids is 2. The Balaban J connectivity index is 1.80. The number of morpholine rings is 1. The van der Waals surface area contributed by atoms with Crippen molar-refractivity contribution in [1.82, 2.24) is 10.2 Å². The number of hydrogen-bond donors (Lipinski definition) is 1. The zero-order chi connectivity index (χ0) is 30.1. The van der Waals surface area contributed by atoms with E-state index in [9.17, 15) is 14.9 Å². The predicted octanol–water partition coefficient (Wildman–Crippen LogP) is 7.59. The standard InChI is InChI=1S/C34H37Cl2N3O3/c1-3-5-6-20-38-33(40)29(7-4-2)39-31(25-12-16-27(35)17-13-25)32(26-14-18-28(36)19-15-26)42-30(34(39)41)21-23-8-10-24(22-37)11-9-23/h8-19,29-32H,3-7,20-21H2,1-2H3,(H,38,40)/t29-,30+,31-,32+/m1/s1. The molecule has 42 heavy (non-hydrogen) atoms. The fourth-order valence-electron chi connectivity index (χ4n) is 5.45. The van der Waals surface area contributed by atoms with Gasteiger partial charge in [0.1, 0.15) is 18.2 Å². The van der Waals surface area contributed by atoms with Crippen LogP contribution in [-0.2, 0) is 20.7 Å². The smallest absolute Gasteiger partial charge is 0.253 e. The van der Waals surface area contributed by atoms with Crippen LogP contribution in [0.5, 0.6) is 0 Å². The van der Waals surface area contributed by atoms with E-state index in [0.717, 1.165) is 42.4 Å². The number of unbranched alkanes of at least 4 members (excludes halogenated alkanes) is 2. The van der Waals surface area contributed by atoms with E-state index >= 15 is 0 Å². The van der Waals surface area contributed by atoms with Crippen LogP contribution in [0.25, 0.3) is 0 Å². The summed E-state index contributed by atoms with van der Waals surface area (Å²) in [6, 6.07) is 22.8. The quantitative estimate of drug-likeness (QED) is 0.215. The number of nitrogens with zero attached hydrogens (tertiary/aromatic N) is 2. The number of amides is 2. The van der Waals surface area contributed by atoms with Gasteiger partial charge in [-0.1, -0.05) is 92.7 Å². The Morgan fingerprint density at radius 2 is 1.55 bits per heavy atom. The molecule has 1 heterocycles. The minimum absolute atomic E-state index is 0.158. The van der Waals surface area contributed by atoms with Gasteiger partial charge >= 0.3 is 0 Å². The summed E-state index contributed by atoms with van der Waals surface area (Å²) in [5, 5.41) is 13.5. The second-order valence-electron chi connectivity index (χ2n) is 10.7. The average molecular weight is 607 g/mol. The molecular weight excluding hydrogens is 569 g/mol. The molecule has 1 aliphatic rings. The van der Waals surface area contributed by atoms with Crippen molar-refractivity contribution in [3.05, 3.63) is 105 Å². The lowest BCUT2D eigenvalue weighted by Gasteiger charge is -2.47. The zero-order valence-corrected chi connectivity index (χ0v) is 25.6. The van der Waals surface area contributed by atoms with Crippen LogP contribution < -0.4 is 5.32 Å². The second-order valence-corrected chi connectivity index (χ2v) is 11.5. The fraction of sp³-hybridized carbons (Fsp3) is 0.382. The minimum Gasteiger partial charge on any atom is -0.358 e. The summed E-state index contributed by atoms with van der Waals surface area (Å²) < 4.78 is 6.67. The summed E-state index contributed by atoms with van der Waals surface area (Å²) in [6.45, 7) is 4.70. The molecule has 1 N–H and O–H groups in total. The molecule has 4 atom stereocenters. The predicted molar refractivity (Wildman–Crippen MR) is 166 cm³/mol. The SMILES string of the molecule is CCCCCNC(=O)[C@@H](CCC)N1C(=O)[C@H](Cc2ccc(C#N)cc2)O[C@@H](c2ccc(Cl)cc2)[C@H]1c1ccc(Cl)cc1. The van der Waals surface area contributed by atoms with E-state index in [1.807, 2.05) is 43.3 Å². The average Bonchev–Trinajstić information content (AvgIpc) is 3.00. The number of benzene rings is 3. The van der Waals surface area contributed by atoms with Gasteiger partial charge in [0.05, 0.1) is 17.7 Å². The molecule has 0 aliphatic carbocycles. The molecule has 0 spiro atoms. The van der Waals surface area contributed by atoms with Gasteiger partial charge in [-0.25, -0.2) is 0 Å². The molecule has 0 bridgehead atoms. The summed E-state index contributed by atoms with van der Waals surface area (Å²) in [5.74, 6) is -0.402. The number of nitriles is 1. The summed E-state index contributed by atoms with van der Waals surface area (Å²) >= 11 is 12.5. The summed E-state index contributed by atoms with van der Waals surface area (Å²) in [4.78, 5) is 30.0. The molecule has 1 saturated heterocycles. The molecule has 8 heteroatoms. The lowest BCUT2D eigenvalue weighted by Crippen LogP contribution is -2.59. The van der Waals surface area contributed by atoms with Crippen LogP contribution in [0.2, 0.25) is 10.0 Å². The highest BCUT2D eigenvalue weighted by atomic mass is 35.5. The van der Waals surface area contributed by atoms with Gasteiger partial charge in [-0.2, -0.15) is 5.26 Å². The van der Waals surface area contributed by atoms with Crippen molar-refractivity contribution in [2.24, 2.45) is 0 Å². The molecule has 3 aromatic carbocycles. The highest BCUT2D eigenvalue weighted by molar-refractivity contribution is 6.30. The zero-order valence-electron chi connectivity index (χ0n) is 24.1. The third-order valence-corrected chi connectivity index (χ3v) is 8.13. The van der Waals surface area contributed by atoms with Crippen LogP contribution in [0.4, 0.5) is 0 Å². The highest BCUT2D eigenvalue weighted by Crippen LogP contribution is 2.44. The Bertz CT molecular complexity index is 1370. The first-order chi connectivity index (χ1) is 20.4. The Hall–Kier alpha value is -3.37. The van der Waals surface area contributed by atoms with Gasteiger partial charge in [0.15, 0.2) is 0 Å². The van der Waals surface area contributed by atoms with Crippen LogP contribution in [-0.4, -0.2) is 35.4 Å². The van der Waals surface area contributed by atoms with Gasteiger partial charge in [0.25, 0.3) is 5.91 Å². The maximum Gasteiger partial charge on any atom is 0.253 e. The molecule has 4 rings (SSSR count). The third kappa shape index (κ3) is 7.72. The third-order valence-electron chi connectivity index (χ3n) is 7.62. The van der Waals surface area contributed by atoms with E-state index in [1.165, 1.54) is 0 Å². The van der Waals surface area contributed by atoms with Crippen molar-refractivity contribution < 1.29 is 14.3 Å². The van der Waals surface area contributed by atoms with Crippen molar-refractivity contribution >= 4 is 35.0 Å². The summed E-state index contributed by atoms with van der Waals surface area (Å²) in [5.41, 5.74) is 3.08. The van der Waals surface area contributed by atoms with Crippen molar-refractivity contribution in [3.8, 4) is 6.07 Å². The number of halogens is 2. The largest absolute Gasteiger partial charge is 0.358 e. The number of nitrogens with one attached hydrogen (secondary N) is 1. The summed E-state index contributed by atoms with van der Waals surface area (Å²) in [6.07, 6.45) is 3.07. The molecule has 1 fully saturated rings. The minimum atomic E-state index is -0.839. The van der Waals surface area contributed by atoms with E-state index in [4.69, 9.17) is 27.9 Å². The first kappa shape index (κ1) is 31.6. The summed E-state index contributed by atoms with van der Waals surface area (Å²) in [7, 11) is 0. The molecule has 0 aromatic heterocycles. The lowest BCUT2D eigenvalue weighted by atomic mass is 9.88. The van der Waals surface area contributed by atoms with Gasteiger partial charge in [0.2, 0.25) is 5.91 Å². The van der Waals surface area contributed by atoms with Crippen molar-refractivity contribution in [2.45, 2.75) is 76.7 Å². The van der Waals surface area contributed by atoms with E-state index in [2.05, 4.69) is 18.3 Å². The molecule has 0 saturated carbocycles. The molecule has 6 nitrogen and oxygen atoms in total. The second kappa shape index (κ2) is 15.2. The fourth-order valence-corrected chi connectivity index (χ4v) is 5.71. The molecular formula is C34H37Cl2N3O3. The lowest BCUT2D eigenvalue weighted by molar-refractivity contribution is -0.181. The highest BCUT2D eigenvalue weighted by Gasteiger charge is 2.48. The van der Waals surface area contributed by atoms with Gasteiger partial charge in [-0.3, -0.25) is 9.59 Å². The van der Waals surface area contributed by atoms with Gasteiger partial charge in [-0.05, 0) is 65.9 Å². The van der Waals surface area contributed by atoms with Gasteiger partial charge < -0.3 is 15.0 Å². The van der Waals surface area contributed by atoms with Crippen molar-refractivity contribution in [2.75, 3.05) is 6.54 Å². The molecule has 3 aromatic rings. The number of hydrogen-bond acceptors (Lipinski definition) is 4. The van der Waals surface area contributed by atoms with Crippen LogP contribution in [0.3, 0.4) is 0 Å². The normalized spacial score (nSPS) is 19.3. The van der Waals surface area contributed by atoms with E-state index in [1.54, 1.807) is 41.3 Å². The Morgan fingerprint density at radius 3 is 2.12 bits per heavy atom. The molecule has 0 unspecified atom stereocenters. The topological polar surface area (TPSA) is 82.4 Å². The Labute approximate surface area is 258 Å². The molecule has 1 aliphatic heterocycles. The van der Waals surface area contributed by atoms with Crippen molar-refractivity contribution in [1.29, 1.82) is 5.26 Å². The van der Waals surface area contributed by atoms with Crippen molar-refractivity contribution in [3.63, 3.8) is 0 Å². The van der Waals surface area contributed by atoms with E-state index in [0.29, 0.717) is 35.0 Å². The van der Waals surface area contributed by atoms with Gasteiger partial charge in [0, 0.05) is 23.0 Å². The number of ether oxygens (including phenoxy) is 1. The van der Waals surface area contributed by atoms with Crippen LogP contribution >= 0.6 is 23.2 Å². The molecule has 0 radical (unpaired) electrons. The van der Waals surface area contributed by atoms with Crippen LogP contribution in [0.15, 0.2) is 72.8 Å². The Morgan fingerprint density at radius 1 is 0.929 bits per heavy atom. The number of carbonyl (C=O) groups is 2. The first-order valence-electron chi connectivity index (χ1n) is 14.6. The number of rotatable bonds is 12.